The van der Waals surface area contributed by atoms with Gasteiger partial charge in [-0.2, -0.15) is 0 Å². The molecule has 0 aliphatic rings. The molecule has 0 fully saturated rings. The average molecular weight is 265 g/mol. The Balaban J connectivity index is 2.59. The summed E-state index contributed by atoms with van der Waals surface area (Å²) in [6.07, 6.45) is 0. The van der Waals surface area contributed by atoms with Crippen LogP contribution in [0.5, 0.6) is 5.75 Å². The molecule has 0 bridgehead atoms. The molecule has 18 heavy (non-hydrogen) atoms. The van der Waals surface area contributed by atoms with Crippen molar-refractivity contribution in [3.63, 3.8) is 0 Å². The number of carbonyl (C=O) groups excluding carboxylic acids is 1. The maximum absolute atomic E-state index is 12.0. The summed E-state index contributed by atoms with van der Waals surface area (Å²) in [5.41, 5.74) is 0.599. The molecule has 4 nitrogen and oxygen atoms in total. The fourth-order valence-corrected chi connectivity index (χ4v) is 2.86. The van der Waals surface area contributed by atoms with E-state index in [1.807, 2.05) is 18.2 Å². The first-order valence-corrected chi connectivity index (χ1v) is 6.48. The normalized spacial score (nSPS) is 10.4. The molecule has 0 amide bonds. The number of rotatable bonds is 4. The van der Waals surface area contributed by atoms with Gasteiger partial charge in [0.15, 0.2) is 0 Å². The van der Waals surface area contributed by atoms with Crippen molar-refractivity contribution in [2.45, 2.75) is 6.92 Å². The number of hydrogen-bond acceptors (Lipinski definition) is 5. The Morgan fingerprint density at radius 3 is 2.83 bits per heavy atom. The van der Waals surface area contributed by atoms with E-state index < -0.39 is 0 Å². The number of anilines is 1. The molecule has 2 rings (SSSR count). The molecule has 0 atom stereocenters. The number of thiophene rings is 1. The molecule has 0 spiro atoms. The van der Waals surface area contributed by atoms with Gasteiger partial charge in [0.25, 0.3) is 0 Å². The zero-order valence-corrected chi connectivity index (χ0v) is 11.4. The van der Waals surface area contributed by atoms with Gasteiger partial charge in [0.05, 0.1) is 13.7 Å². The third kappa shape index (κ3) is 2.13. The first kappa shape index (κ1) is 12.7. The van der Waals surface area contributed by atoms with E-state index in [0.717, 1.165) is 20.8 Å². The highest BCUT2D eigenvalue weighted by atomic mass is 32.1. The van der Waals surface area contributed by atoms with Crippen molar-refractivity contribution in [2.24, 2.45) is 0 Å². The van der Waals surface area contributed by atoms with Gasteiger partial charge in [-0.3, -0.25) is 0 Å². The summed E-state index contributed by atoms with van der Waals surface area (Å²) in [6.45, 7) is 2.17. The second-order valence-electron chi connectivity index (χ2n) is 3.64. The van der Waals surface area contributed by atoms with E-state index in [4.69, 9.17) is 9.47 Å². The second kappa shape index (κ2) is 5.27. The van der Waals surface area contributed by atoms with Gasteiger partial charge in [0, 0.05) is 17.1 Å². The molecule has 1 N–H and O–H groups in total. The third-order valence-electron chi connectivity index (χ3n) is 2.60. The highest BCUT2D eigenvalue weighted by Gasteiger charge is 2.19. The van der Waals surface area contributed by atoms with Crippen LogP contribution in [0, 0.1) is 0 Å². The average Bonchev–Trinajstić information content (AvgIpc) is 2.76. The number of ether oxygens (including phenoxy) is 2. The van der Waals surface area contributed by atoms with E-state index >= 15 is 0 Å². The topological polar surface area (TPSA) is 47.6 Å². The minimum absolute atomic E-state index is 0.293. The highest BCUT2D eigenvalue weighted by Crippen LogP contribution is 2.37. The summed E-state index contributed by atoms with van der Waals surface area (Å²) in [5.74, 6) is 0.486. The molecule has 5 heteroatoms. The maximum Gasteiger partial charge on any atom is 0.341 e. The van der Waals surface area contributed by atoms with Crippen molar-refractivity contribution < 1.29 is 14.3 Å². The molecule has 0 unspecified atom stereocenters. The van der Waals surface area contributed by atoms with E-state index in [9.17, 15) is 4.79 Å². The van der Waals surface area contributed by atoms with Crippen LogP contribution in [0.15, 0.2) is 18.2 Å². The molecule has 96 valence electrons. The summed E-state index contributed by atoms with van der Waals surface area (Å²) in [4.78, 5) is 12.0. The number of hydrogen-bond donors (Lipinski definition) is 1. The first-order chi connectivity index (χ1) is 8.71. The molecule has 0 saturated heterocycles. The Morgan fingerprint density at radius 2 is 2.22 bits per heavy atom. The molecule has 0 aliphatic heterocycles. The highest BCUT2D eigenvalue weighted by molar-refractivity contribution is 7.23. The number of benzene rings is 1. The number of nitrogens with one attached hydrogen (secondary N) is 1. The van der Waals surface area contributed by atoms with E-state index in [2.05, 4.69) is 5.32 Å². The van der Waals surface area contributed by atoms with Crippen LogP contribution in [0.4, 0.5) is 5.00 Å². The van der Waals surface area contributed by atoms with Crippen LogP contribution in [-0.2, 0) is 4.74 Å². The molecular formula is C13H15NO3S. The predicted molar refractivity (Wildman–Crippen MR) is 73.9 cm³/mol. The zero-order chi connectivity index (χ0) is 13.1. The van der Waals surface area contributed by atoms with Crippen molar-refractivity contribution in [1.82, 2.24) is 0 Å². The standard InChI is InChI=1S/C13H15NO3S/c1-4-17-13(15)11-9-6-5-8(16-3)7-10(9)18-12(11)14-2/h5-7,14H,4H2,1-3H3. The van der Waals surface area contributed by atoms with Crippen molar-refractivity contribution in [2.75, 3.05) is 26.1 Å². The summed E-state index contributed by atoms with van der Waals surface area (Å²) < 4.78 is 11.3. The number of fused-ring (bicyclic) bond motifs is 1. The Bertz CT molecular complexity index is 577. The van der Waals surface area contributed by atoms with Gasteiger partial charge in [0.1, 0.15) is 16.3 Å². The van der Waals surface area contributed by atoms with Crippen molar-refractivity contribution in [1.29, 1.82) is 0 Å². The zero-order valence-electron chi connectivity index (χ0n) is 10.6. The van der Waals surface area contributed by atoms with Crippen LogP contribution in [0.25, 0.3) is 10.1 Å². The summed E-state index contributed by atoms with van der Waals surface area (Å²) in [6, 6.07) is 5.65. The van der Waals surface area contributed by atoms with Crippen molar-refractivity contribution in [3.05, 3.63) is 23.8 Å². The van der Waals surface area contributed by atoms with Crippen LogP contribution in [-0.4, -0.2) is 26.7 Å². The Morgan fingerprint density at radius 1 is 1.44 bits per heavy atom. The number of esters is 1. The van der Waals surface area contributed by atoms with Crippen molar-refractivity contribution >= 4 is 32.4 Å². The summed E-state index contributed by atoms with van der Waals surface area (Å²) in [5, 5.41) is 4.75. The monoisotopic (exact) mass is 265 g/mol. The largest absolute Gasteiger partial charge is 0.497 e. The van der Waals surface area contributed by atoms with Crippen LogP contribution in [0.3, 0.4) is 0 Å². The van der Waals surface area contributed by atoms with Crippen LogP contribution in [0.2, 0.25) is 0 Å². The lowest BCUT2D eigenvalue weighted by atomic mass is 10.1. The quantitative estimate of drug-likeness (QED) is 0.863. The van der Waals surface area contributed by atoms with E-state index in [1.54, 1.807) is 21.1 Å². The van der Waals surface area contributed by atoms with Crippen molar-refractivity contribution in [3.8, 4) is 5.75 Å². The van der Waals surface area contributed by atoms with Gasteiger partial charge in [-0.05, 0) is 25.1 Å². The van der Waals surface area contributed by atoms with Gasteiger partial charge >= 0.3 is 5.97 Å². The van der Waals surface area contributed by atoms with E-state index in [-0.39, 0.29) is 5.97 Å². The number of methoxy groups -OCH3 is 1. The Labute approximate surface area is 110 Å². The second-order valence-corrected chi connectivity index (χ2v) is 4.69. The number of carbonyl (C=O) groups is 1. The lowest BCUT2D eigenvalue weighted by molar-refractivity contribution is 0.0530. The first-order valence-electron chi connectivity index (χ1n) is 5.66. The fourth-order valence-electron chi connectivity index (χ4n) is 1.79. The minimum Gasteiger partial charge on any atom is -0.497 e. The van der Waals surface area contributed by atoms with Gasteiger partial charge in [0.2, 0.25) is 0 Å². The molecule has 1 aromatic heterocycles. The maximum atomic E-state index is 12.0. The van der Waals surface area contributed by atoms with Crippen LogP contribution in [0.1, 0.15) is 17.3 Å². The molecule has 0 saturated carbocycles. The Kier molecular flexibility index (Phi) is 3.72. The summed E-state index contributed by atoms with van der Waals surface area (Å²) >= 11 is 1.52. The molecule has 1 aromatic carbocycles. The summed E-state index contributed by atoms with van der Waals surface area (Å²) in [7, 11) is 3.42. The Hall–Kier alpha value is -1.75. The SMILES string of the molecule is CCOC(=O)c1c(NC)sc2cc(OC)ccc12. The third-order valence-corrected chi connectivity index (χ3v) is 3.77. The van der Waals surface area contributed by atoms with Gasteiger partial charge in [-0.15, -0.1) is 11.3 Å². The van der Waals surface area contributed by atoms with Crippen LogP contribution < -0.4 is 10.1 Å². The lowest BCUT2D eigenvalue weighted by Crippen LogP contribution is -2.06. The lowest BCUT2D eigenvalue weighted by Gasteiger charge is -2.03. The predicted octanol–water partition coefficient (Wildman–Crippen LogP) is 3.13. The molecule has 2 aromatic rings. The van der Waals surface area contributed by atoms with Gasteiger partial charge < -0.3 is 14.8 Å². The van der Waals surface area contributed by atoms with Gasteiger partial charge in [-0.1, -0.05) is 0 Å². The molecular weight excluding hydrogens is 250 g/mol. The minimum atomic E-state index is -0.293. The smallest absolute Gasteiger partial charge is 0.341 e. The molecule has 1 heterocycles. The van der Waals surface area contributed by atoms with Gasteiger partial charge in [-0.25, -0.2) is 4.79 Å². The molecule has 0 aliphatic carbocycles. The van der Waals surface area contributed by atoms with E-state index in [1.165, 1.54) is 11.3 Å². The van der Waals surface area contributed by atoms with E-state index in [0.29, 0.717) is 12.2 Å². The fraction of sp³-hybridized carbons (Fsp3) is 0.308. The van der Waals surface area contributed by atoms with Crippen LogP contribution >= 0.6 is 11.3 Å². The molecule has 0 radical (unpaired) electrons.